The van der Waals surface area contributed by atoms with Crippen molar-refractivity contribution in [3.8, 4) is 0 Å². The Hall–Kier alpha value is -1.89. The van der Waals surface area contributed by atoms with Gasteiger partial charge in [0, 0.05) is 25.8 Å². The van der Waals surface area contributed by atoms with Crippen LogP contribution in [-0.2, 0) is 11.3 Å². The van der Waals surface area contributed by atoms with Gasteiger partial charge in [-0.25, -0.2) is 9.78 Å². The van der Waals surface area contributed by atoms with Gasteiger partial charge in [-0.1, -0.05) is 0 Å². The average Bonchev–Trinajstić information content (AvgIpc) is 3.00. The van der Waals surface area contributed by atoms with Crippen LogP contribution >= 0.6 is 0 Å². The van der Waals surface area contributed by atoms with E-state index in [0.29, 0.717) is 13.1 Å². The van der Waals surface area contributed by atoms with Gasteiger partial charge in [0.2, 0.25) is 5.91 Å². The molecule has 3 N–H and O–H groups in total. The van der Waals surface area contributed by atoms with Gasteiger partial charge in [-0.05, 0) is 13.0 Å². The number of aromatic nitrogens is 2. The predicted octanol–water partition coefficient (Wildman–Crippen LogP) is -0.693. The number of carbonyl (C=O) groups is 2. The van der Waals surface area contributed by atoms with Crippen molar-refractivity contribution in [3.63, 3.8) is 0 Å². The normalized spacial score (nSPS) is 18.8. The lowest BCUT2D eigenvalue weighted by atomic mass is 10.1. The quantitative estimate of drug-likeness (QED) is 0.644. The second-order valence-corrected chi connectivity index (χ2v) is 4.28. The zero-order valence-electron chi connectivity index (χ0n) is 9.93. The highest BCUT2D eigenvalue weighted by molar-refractivity contribution is 5.84. The van der Waals surface area contributed by atoms with Gasteiger partial charge in [0.25, 0.3) is 0 Å². The zero-order valence-corrected chi connectivity index (χ0v) is 9.93. The molecule has 1 aromatic rings. The third-order valence-corrected chi connectivity index (χ3v) is 2.95. The van der Waals surface area contributed by atoms with Crippen LogP contribution in [0.1, 0.15) is 16.9 Å². The lowest BCUT2D eigenvalue weighted by Gasteiger charge is -2.09. The number of hydrogen-bond donors (Lipinski definition) is 3. The van der Waals surface area contributed by atoms with Gasteiger partial charge in [-0.2, -0.15) is 0 Å². The van der Waals surface area contributed by atoms with E-state index in [1.807, 2.05) is 0 Å². The van der Waals surface area contributed by atoms with E-state index in [1.54, 1.807) is 4.57 Å². The van der Waals surface area contributed by atoms with Crippen LogP contribution in [0.15, 0.2) is 12.5 Å². The molecule has 1 atom stereocenters. The molecule has 1 aliphatic heterocycles. The van der Waals surface area contributed by atoms with Crippen LogP contribution in [0.5, 0.6) is 0 Å². The summed E-state index contributed by atoms with van der Waals surface area (Å²) in [5, 5.41) is 14.7. The van der Waals surface area contributed by atoms with Crippen molar-refractivity contribution in [2.24, 2.45) is 5.92 Å². The number of amides is 1. The fourth-order valence-corrected chi connectivity index (χ4v) is 1.92. The fraction of sp³-hybridized carbons (Fsp3) is 0.545. The van der Waals surface area contributed by atoms with Gasteiger partial charge < -0.3 is 20.3 Å². The molecule has 0 radical (unpaired) electrons. The number of nitrogens with zero attached hydrogens (tertiary/aromatic N) is 2. The first-order valence-electron chi connectivity index (χ1n) is 5.90. The Labute approximate surface area is 104 Å². The molecule has 0 spiro atoms. The van der Waals surface area contributed by atoms with Crippen molar-refractivity contribution >= 4 is 11.9 Å². The van der Waals surface area contributed by atoms with E-state index in [0.717, 1.165) is 19.5 Å². The molecule has 1 fully saturated rings. The van der Waals surface area contributed by atoms with Crippen LogP contribution in [0, 0.1) is 5.92 Å². The minimum Gasteiger partial charge on any atom is -0.476 e. The molecule has 7 nitrogen and oxygen atoms in total. The van der Waals surface area contributed by atoms with Crippen LogP contribution < -0.4 is 10.6 Å². The van der Waals surface area contributed by atoms with Crippen molar-refractivity contribution in [3.05, 3.63) is 18.2 Å². The molecule has 1 aromatic heterocycles. The number of aromatic carboxylic acids is 1. The smallest absolute Gasteiger partial charge is 0.356 e. The summed E-state index contributed by atoms with van der Waals surface area (Å²) in [5.74, 6) is -0.934. The van der Waals surface area contributed by atoms with Gasteiger partial charge in [-0.15, -0.1) is 0 Å². The highest BCUT2D eigenvalue weighted by Gasteiger charge is 2.21. The number of rotatable bonds is 5. The Bertz CT molecular complexity index is 437. The molecule has 0 bridgehead atoms. The zero-order chi connectivity index (χ0) is 13.0. The van der Waals surface area contributed by atoms with Crippen molar-refractivity contribution in [2.75, 3.05) is 19.6 Å². The van der Waals surface area contributed by atoms with Crippen LogP contribution in [0.25, 0.3) is 0 Å². The molecule has 2 rings (SSSR count). The highest BCUT2D eigenvalue weighted by atomic mass is 16.4. The van der Waals surface area contributed by atoms with Gasteiger partial charge in [0.15, 0.2) is 5.69 Å². The monoisotopic (exact) mass is 252 g/mol. The summed E-state index contributed by atoms with van der Waals surface area (Å²) in [4.78, 5) is 26.0. The van der Waals surface area contributed by atoms with E-state index >= 15 is 0 Å². The van der Waals surface area contributed by atoms with E-state index in [1.165, 1.54) is 12.5 Å². The first-order valence-corrected chi connectivity index (χ1v) is 5.90. The van der Waals surface area contributed by atoms with E-state index in [4.69, 9.17) is 5.11 Å². The number of imidazole rings is 1. The first-order chi connectivity index (χ1) is 8.66. The summed E-state index contributed by atoms with van der Waals surface area (Å²) in [5.41, 5.74) is 0.0151. The number of carbonyl (C=O) groups excluding carboxylic acids is 1. The number of hydrogen-bond acceptors (Lipinski definition) is 4. The van der Waals surface area contributed by atoms with Crippen molar-refractivity contribution < 1.29 is 14.7 Å². The Balaban J connectivity index is 1.74. The molecule has 1 amide bonds. The van der Waals surface area contributed by atoms with Crippen LogP contribution in [0.2, 0.25) is 0 Å². The third kappa shape index (κ3) is 3.07. The molecule has 1 unspecified atom stereocenters. The first kappa shape index (κ1) is 12.6. The van der Waals surface area contributed by atoms with E-state index < -0.39 is 5.97 Å². The SMILES string of the molecule is O=C(O)c1cn(CCNC(=O)C2CCNC2)cn1. The lowest BCUT2D eigenvalue weighted by Crippen LogP contribution is -2.33. The summed E-state index contributed by atoms with van der Waals surface area (Å²) in [6.45, 7) is 2.62. The average molecular weight is 252 g/mol. The number of carboxylic acid groups (broad SMARTS) is 1. The number of carboxylic acids is 1. The van der Waals surface area contributed by atoms with Crippen LogP contribution in [0.3, 0.4) is 0 Å². The fourth-order valence-electron chi connectivity index (χ4n) is 1.92. The molecule has 0 saturated carbocycles. The molecule has 1 aliphatic rings. The topological polar surface area (TPSA) is 96.2 Å². The molecule has 0 aliphatic carbocycles. The van der Waals surface area contributed by atoms with Crippen molar-refractivity contribution in [2.45, 2.75) is 13.0 Å². The lowest BCUT2D eigenvalue weighted by molar-refractivity contribution is -0.124. The summed E-state index contributed by atoms with van der Waals surface area (Å²) < 4.78 is 1.65. The predicted molar refractivity (Wildman–Crippen MR) is 63.2 cm³/mol. The molecule has 0 aromatic carbocycles. The van der Waals surface area contributed by atoms with Crippen molar-refractivity contribution in [1.29, 1.82) is 0 Å². The van der Waals surface area contributed by atoms with Gasteiger partial charge in [-0.3, -0.25) is 4.79 Å². The van der Waals surface area contributed by atoms with E-state index in [9.17, 15) is 9.59 Å². The highest BCUT2D eigenvalue weighted by Crippen LogP contribution is 2.06. The maximum atomic E-state index is 11.7. The van der Waals surface area contributed by atoms with Gasteiger partial charge in [0.1, 0.15) is 0 Å². The maximum absolute atomic E-state index is 11.7. The Morgan fingerprint density at radius 3 is 3.06 bits per heavy atom. The molecule has 1 saturated heterocycles. The molecular weight excluding hydrogens is 236 g/mol. The maximum Gasteiger partial charge on any atom is 0.356 e. The summed E-state index contributed by atoms with van der Waals surface area (Å²) in [6.07, 6.45) is 3.78. The third-order valence-electron chi connectivity index (χ3n) is 2.95. The molecular formula is C11H16N4O3. The molecule has 98 valence electrons. The Morgan fingerprint density at radius 1 is 1.61 bits per heavy atom. The molecule has 18 heavy (non-hydrogen) atoms. The van der Waals surface area contributed by atoms with E-state index in [2.05, 4.69) is 15.6 Å². The Kier molecular flexibility index (Phi) is 3.93. The van der Waals surface area contributed by atoms with Gasteiger partial charge >= 0.3 is 5.97 Å². The summed E-state index contributed by atoms with van der Waals surface area (Å²) in [6, 6.07) is 0. The standard InChI is InChI=1S/C11H16N4O3/c16-10(8-1-2-12-5-8)13-3-4-15-6-9(11(17)18)14-7-15/h6-8,12H,1-5H2,(H,13,16)(H,17,18). The molecule has 7 heteroatoms. The second kappa shape index (κ2) is 5.63. The minimum absolute atomic E-state index is 0.0151. The van der Waals surface area contributed by atoms with Crippen LogP contribution in [-0.4, -0.2) is 46.2 Å². The van der Waals surface area contributed by atoms with Gasteiger partial charge in [0.05, 0.1) is 12.2 Å². The second-order valence-electron chi connectivity index (χ2n) is 4.28. The van der Waals surface area contributed by atoms with E-state index in [-0.39, 0.29) is 17.5 Å². The van der Waals surface area contributed by atoms with Crippen LogP contribution in [0.4, 0.5) is 0 Å². The largest absolute Gasteiger partial charge is 0.476 e. The molecule has 2 heterocycles. The number of nitrogens with one attached hydrogen (secondary N) is 2. The summed E-state index contributed by atoms with van der Waals surface area (Å²) in [7, 11) is 0. The minimum atomic E-state index is -1.05. The summed E-state index contributed by atoms with van der Waals surface area (Å²) >= 11 is 0. The Morgan fingerprint density at radius 2 is 2.44 bits per heavy atom. The van der Waals surface area contributed by atoms with Crippen molar-refractivity contribution in [1.82, 2.24) is 20.2 Å².